The highest BCUT2D eigenvalue weighted by Gasteiger charge is 2.24. The first kappa shape index (κ1) is 13.8. The summed E-state index contributed by atoms with van der Waals surface area (Å²) in [7, 11) is 0. The molecule has 0 radical (unpaired) electrons. The minimum absolute atomic E-state index is 0.0212. The predicted molar refractivity (Wildman–Crippen MR) is 80.2 cm³/mol. The molecule has 3 nitrogen and oxygen atoms in total. The highest BCUT2D eigenvalue weighted by Crippen LogP contribution is 2.31. The van der Waals surface area contributed by atoms with Crippen molar-refractivity contribution in [1.29, 1.82) is 0 Å². The van der Waals surface area contributed by atoms with Crippen molar-refractivity contribution in [3.05, 3.63) is 37.7 Å². The van der Waals surface area contributed by atoms with Crippen LogP contribution in [0.5, 0.6) is 0 Å². The fraction of sp³-hybridized carbons (Fsp3) is 0.462. The number of hydrogen-bond donors (Lipinski definition) is 1. The summed E-state index contributed by atoms with van der Waals surface area (Å²) in [5.74, 6) is 0. The molecule has 2 rings (SSSR count). The molecule has 2 aromatic rings. The second-order valence-corrected chi connectivity index (χ2v) is 6.79. The molecule has 2 heterocycles. The van der Waals surface area contributed by atoms with E-state index in [1.165, 1.54) is 9.75 Å². The summed E-state index contributed by atoms with van der Waals surface area (Å²) in [6.45, 7) is 8.22. The first-order valence-corrected chi connectivity index (χ1v) is 7.56. The summed E-state index contributed by atoms with van der Waals surface area (Å²) in [5, 5.41) is 4.61. The number of rotatable bonds is 3. The fourth-order valence-electron chi connectivity index (χ4n) is 2.13. The van der Waals surface area contributed by atoms with Crippen molar-refractivity contribution in [1.82, 2.24) is 9.78 Å². The molecule has 5 heteroatoms. The van der Waals surface area contributed by atoms with Crippen LogP contribution in [-0.2, 0) is 0 Å². The van der Waals surface area contributed by atoms with E-state index < -0.39 is 0 Å². The van der Waals surface area contributed by atoms with Crippen LogP contribution in [0.2, 0.25) is 0 Å². The standard InChI is InChI=1S/C13H18BrN3S/c1-7-5-6-11(18-7)13(8(2)15)17-10(4)12(14)9(3)16-17/h5-6,8,13H,15H2,1-4H3. The Morgan fingerprint density at radius 1 is 1.33 bits per heavy atom. The van der Waals surface area contributed by atoms with Crippen molar-refractivity contribution in [2.24, 2.45) is 5.73 Å². The number of nitrogens with zero attached hydrogens (tertiary/aromatic N) is 2. The highest BCUT2D eigenvalue weighted by atomic mass is 79.9. The minimum atomic E-state index is 0.0212. The Bertz CT molecular complexity index is 557. The van der Waals surface area contributed by atoms with Gasteiger partial charge in [-0.3, -0.25) is 4.68 Å². The molecule has 0 fully saturated rings. The highest BCUT2D eigenvalue weighted by molar-refractivity contribution is 9.10. The molecule has 18 heavy (non-hydrogen) atoms. The largest absolute Gasteiger partial charge is 0.326 e. The average Bonchev–Trinajstić information content (AvgIpc) is 2.80. The lowest BCUT2D eigenvalue weighted by molar-refractivity contribution is 0.449. The van der Waals surface area contributed by atoms with Gasteiger partial charge in [0.05, 0.1) is 15.9 Å². The number of hydrogen-bond acceptors (Lipinski definition) is 3. The van der Waals surface area contributed by atoms with Gasteiger partial charge in [-0.1, -0.05) is 0 Å². The van der Waals surface area contributed by atoms with E-state index in [1.54, 1.807) is 11.3 Å². The van der Waals surface area contributed by atoms with Crippen molar-refractivity contribution < 1.29 is 0 Å². The van der Waals surface area contributed by atoms with Crippen LogP contribution in [0, 0.1) is 20.8 Å². The Hall–Kier alpha value is -0.650. The Kier molecular flexibility index (Phi) is 3.94. The molecule has 98 valence electrons. The number of thiophene rings is 1. The molecule has 0 aromatic carbocycles. The van der Waals surface area contributed by atoms with Crippen LogP contribution in [0.1, 0.15) is 34.1 Å². The Morgan fingerprint density at radius 3 is 2.39 bits per heavy atom. The van der Waals surface area contributed by atoms with Crippen LogP contribution in [0.25, 0.3) is 0 Å². The Morgan fingerprint density at radius 2 is 2.00 bits per heavy atom. The van der Waals surface area contributed by atoms with E-state index in [0.717, 1.165) is 15.9 Å². The SMILES string of the molecule is Cc1ccc(C(C(C)N)n2nc(C)c(Br)c2C)s1. The van der Waals surface area contributed by atoms with Gasteiger partial charge < -0.3 is 5.73 Å². The number of aromatic nitrogens is 2. The van der Waals surface area contributed by atoms with Crippen LogP contribution in [-0.4, -0.2) is 15.8 Å². The summed E-state index contributed by atoms with van der Waals surface area (Å²) in [5.41, 5.74) is 8.30. The summed E-state index contributed by atoms with van der Waals surface area (Å²) in [6.07, 6.45) is 0. The predicted octanol–water partition coefficient (Wildman–Crippen LogP) is 3.57. The van der Waals surface area contributed by atoms with E-state index in [9.17, 15) is 0 Å². The van der Waals surface area contributed by atoms with E-state index in [0.29, 0.717) is 0 Å². The van der Waals surface area contributed by atoms with Gasteiger partial charge in [0.1, 0.15) is 6.04 Å². The molecule has 2 N–H and O–H groups in total. The molecule has 2 aromatic heterocycles. The monoisotopic (exact) mass is 327 g/mol. The van der Waals surface area contributed by atoms with Crippen molar-refractivity contribution in [2.75, 3.05) is 0 Å². The van der Waals surface area contributed by atoms with Crippen LogP contribution >= 0.6 is 27.3 Å². The molecular formula is C13H18BrN3S. The number of aryl methyl sites for hydroxylation is 2. The minimum Gasteiger partial charge on any atom is -0.326 e. The van der Waals surface area contributed by atoms with Crippen LogP contribution in [0.15, 0.2) is 16.6 Å². The van der Waals surface area contributed by atoms with Crippen LogP contribution in [0.4, 0.5) is 0 Å². The molecule has 0 saturated heterocycles. The van der Waals surface area contributed by atoms with Crippen molar-refractivity contribution >= 4 is 27.3 Å². The van der Waals surface area contributed by atoms with Gasteiger partial charge in [0, 0.05) is 15.8 Å². The van der Waals surface area contributed by atoms with E-state index >= 15 is 0 Å². The third kappa shape index (κ3) is 2.39. The average molecular weight is 328 g/mol. The van der Waals surface area contributed by atoms with E-state index in [2.05, 4.69) is 47.0 Å². The van der Waals surface area contributed by atoms with Gasteiger partial charge in [0.2, 0.25) is 0 Å². The van der Waals surface area contributed by atoms with Gasteiger partial charge in [-0.15, -0.1) is 11.3 Å². The zero-order valence-corrected chi connectivity index (χ0v) is 13.5. The summed E-state index contributed by atoms with van der Waals surface area (Å²) >= 11 is 5.36. The van der Waals surface area contributed by atoms with Gasteiger partial charge in [0.25, 0.3) is 0 Å². The molecule has 0 aliphatic rings. The van der Waals surface area contributed by atoms with Gasteiger partial charge in [-0.25, -0.2) is 0 Å². The molecule has 2 unspecified atom stereocenters. The molecule has 0 aliphatic heterocycles. The number of nitrogens with two attached hydrogens (primary N) is 1. The first-order valence-electron chi connectivity index (χ1n) is 5.95. The molecule has 0 amide bonds. The Labute approximate surface area is 120 Å². The molecule has 0 saturated carbocycles. The van der Waals surface area contributed by atoms with Crippen molar-refractivity contribution in [3.8, 4) is 0 Å². The first-order chi connectivity index (χ1) is 8.41. The fourth-order valence-corrected chi connectivity index (χ4v) is 3.47. The molecule has 0 spiro atoms. The summed E-state index contributed by atoms with van der Waals surface area (Å²) < 4.78 is 3.11. The maximum absolute atomic E-state index is 6.17. The second kappa shape index (κ2) is 5.15. The molecule has 2 atom stereocenters. The summed E-state index contributed by atoms with van der Waals surface area (Å²) in [6, 6.07) is 4.41. The van der Waals surface area contributed by atoms with Crippen LogP contribution < -0.4 is 5.73 Å². The quantitative estimate of drug-likeness (QED) is 0.936. The normalized spacial score (nSPS) is 14.8. The van der Waals surface area contributed by atoms with Gasteiger partial charge >= 0.3 is 0 Å². The zero-order chi connectivity index (χ0) is 13.4. The number of halogens is 1. The van der Waals surface area contributed by atoms with Crippen LogP contribution in [0.3, 0.4) is 0 Å². The van der Waals surface area contributed by atoms with Gasteiger partial charge in [-0.05, 0) is 55.8 Å². The summed E-state index contributed by atoms with van der Waals surface area (Å²) in [4.78, 5) is 2.57. The Balaban J connectivity index is 2.51. The molecular weight excluding hydrogens is 310 g/mol. The lowest BCUT2D eigenvalue weighted by atomic mass is 10.1. The third-order valence-electron chi connectivity index (χ3n) is 3.05. The van der Waals surface area contributed by atoms with Gasteiger partial charge in [-0.2, -0.15) is 5.10 Å². The second-order valence-electron chi connectivity index (χ2n) is 4.68. The van der Waals surface area contributed by atoms with Gasteiger partial charge in [0.15, 0.2) is 0 Å². The smallest absolute Gasteiger partial charge is 0.101 e. The van der Waals surface area contributed by atoms with Crippen molar-refractivity contribution in [2.45, 2.75) is 39.8 Å². The lowest BCUT2D eigenvalue weighted by Crippen LogP contribution is -2.31. The maximum atomic E-state index is 6.17. The van der Waals surface area contributed by atoms with E-state index in [1.807, 2.05) is 18.5 Å². The maximum Gasteiger partial charge on any atom is 0.101 e. The lowest BCUT2D eigenvalue weighted by Gasteiger charge is -2.21. The van der Waals surface area contributed by atoms with E-state index in [4.69, 9.17) is 5.73 Å². The van der Waals surface area contributed by atoms with Crippen molar-refractivity contribution in [3.63, 3.8) is 0 Å². The third-order valence-corrected chi connectivity index (χ3v) is 5.27. The van der Waals surface area contributed by atoms with E-state index in [-0.39, 0.29) is 12.1 Å². The molecule has 0 bridgehead atoms. The topological polar surface area (TPSA) is 43.8 Å². The zero-order valence-electron chi connectivity index (χ0n) is 11.1. The molecule has 0 aliphatic carbocycles.